The molecule has 3 rings (SSSR count). The standard InChI is InChI=1S/C21H30FNO2/c1-15-14-23(3)12-11-19(15)25-20(24)21(2,16-7-4-5-8-16)17-9-6-10-18(22)13-17/h6,9-10,13,15-16,19H,4-5,7-8,11-12,14H2,1-3H3. The Bertz CT molecular complexity index is 614. The topological polar surface area (TPSA) is 29.5 Å². The molecule has 4 heteroatoms. The SMILES string of the molecule is CC1CN(C)CCC1OC(=O)C(C)(c1cccc(F)c1)C1CCCC1. The first-order valence-electron chi connectivity index (χ1n) is 9.57. The number of carbonyl (C=O) groups excluding carboxylic acids is 1. The van der Waals surface area contributed by atoms with Gasteiger partial charge < -0.3 is 9.64 Å². The van der Waals surface area contributed by atoms with Gasteiger partial charge in [-0.25, -0.2) is 4.39 Å². The van der Waals surface area contributed by atoms with E-state index in [-0.39, 0.29) is 23.8 Å². The lowest BCUT2D eigenvalue weighted by molar-refractivity contribution is -0.163. The summed E-state index contributed by atoms with van der Waals surface area (Å²) in [6.07, 6.45) is 5.10. The number of likely N-dealkylation sites (tertiary alicyclic amines) is 1. The zero-order chi connectivity index (χ0) is 18.0. The van der Waals surface area contributed by atoms with Crippen molar-refractivity contribution in [1.82, 2.24) is 4.90 Å². The number of rotatable bonds is 4. The molecular weight excluding hydrogens is 317 g/mol. The van der Waals surface area contributed by atoms with Crippen molar-refractivity contribution < 1.29 is 13.9 Å². The second-order valence-corrected chi connectivity index (χ2v) is 8.17. The van der Waals surface area contributed by atoms with Gasteiger partial charge in [-0.15, -0.1) is 0 Å². The number of piperidine rings is 1. The molecule has 1 saturated heterocycles. The molecule has 3 nitrogen and oxygen atoms in total. The number of esters is 1. The van der Waals surface area contributed by atoms with Crippen LogP contribution in [0.25, 0.3) is 0 Å². The Kier molecular flexibility index (Phi) is 5.47. The van der Waals surface area contributed by atoms with E-state index in [2.05, 4.69) is 18.9 Å². The van der Waals surface area contributed by atoms with E-state index in [0.717, 1.165) is 50.8 Å². The summed E-state index contributed by atoms with van der Waals surface area (Å²) in [5, 5.41) is 0. The van der Waals surface area contributed by atoms with Crippen LogP contribution >= 0.6 is 0 Å². The van der Waals surface area contributed by atoms with Crippen molar-refractivity contribution >= 4 is 5.97 Å². The van der Waals surface area contributed by atoms with Crippen LogP contribution in [0.3, 0.4) is 0 Å². The van der Waals surface area contributed by atoms with Crippen LogP contribution in [-0.4, -0.2) is 37.1 Å². The summed E-state index contributed by atoms with van der Waals surface area (Å²) in [5.74, 6) is 0.0833. The third-order valence-electron chi connectivity index (χ3n) is 6.31. The molecule has 1 aromatic carbocycles. The predicted octanol–water partition coefficient (Wildman–Crippen LogP) is 4.16. The first kappa shape index (κ1) is 18.4. The molecule has 0 N–H and O–H groups in total. The fourth-order valence-electron chi connectivity index (χ4n) is 4.60. The number of carbonyl (C=O) groups is 1. The van der Waals surface area contributed by atoms with Gasteiger partial charge in [0.25, 0.3) is 0 Å². The van der Waals surface area contributed by atoms with Gasteiger partial charge in [-0.05, 0) is 56.8 Å². The van der Waals surface area contributed by atoms with Crippen LogP contribution < -0.4 is 0 Å². The predicted molar refractivity (Wildman–Crippen MR) is 96.9 cm³/mol. The lowest BCUT2D eigenvalue weighted by atomic mass is 9.70. The molecule has 0 spiro atoms. The maximum absolute atomic E-state index is 13.9. The molecule has 0 aromatic heterocycles. The van der Waals surface area contributed by atoms with Crippen LogP contribution in [0.5, 0.6) is 0 Å². The molecule has 1 aliphatic heterocycles. The Labute approximate surface area is 150 Å². The van der Waals surface area contributed by atoms with E-state index in [4.69, 9.17) is 4.74 Å². The number of hydrogen-bond donors (Lipinski definition) is 0. The minimum atomic E-state index is -0.762. The fraction of sp³-hybridized carbons (Fsp3) is 0.667. The van der Waals surface area contributed by atoms with E-state index in [0.29, 0.717) is 5.92 Å². The van der Waals surface area contributed by atoms with Crippen molar-refractivity contribution in [3.05, 3.63) is 35.6 Å². The van der Waals surface area contributed by atoms with E-state index in [1.807, 2.05) is 13.0 Å². The number of benzene rings is 1. The molecule has 0 amide bonds. The summed E-state index contributed by atoms with van der Waals surface area (Å²) < 4.78 is 19.9. The quantitative estimate of drug-likeness (QED) is 0.766. The third-order valence-corrected chi connectivity index (χ3v) is 6.31. The Hall–Kier alpha value is -1.42. The first-order valence-corrected chi connectivity index (χ1v) is 9.57. The lowest BCUT2D eigenvalue weighted by Gasteiger charge is -2.39. The van der Waals surface area contributed by atoms with Gasteiger partial charge in [0, 0.05) is 19.0 Å². The highest BCUT2D eigenvalue weighted by molar-refractivity contribution is 5.83. The van der Waals surface area contributed by atoms with E-state index in [1.165, 1.54) is 12.1 Å². The largest absolute Gasteiger partial charge is 0.461 e. The number of hydrogen-bond acceptors (Lipinski definition) is 3. The van der Waals surface area contributed by atoms with E-state index < -0.39 is 5.41 Å². The number of halogens is 1. The van der Waals surface area contributed by atoms with Gasteiger partial charge in [-0.1, -0.05) is 31.9 Å². The van der Waals surface area contributed by atoms with Crippen molar-refractivity contribution in [1.29, 1.82) is 0 Å². The lowest BCUT2D eigenvalue weighted by Crippen LogP contribution is -2.47. The highest BCUT2D eigenvalue weighted by Crippen LogP contribution is 2.43. The van der Waals surface area contributed by atoms with Gasteiger partial charge in [-0.3, -0.25) is 4.79 Å². The van der Waals surface area contributed by atoms with E-state index in [1.54, 1.807) is 6.07 Å². The second-order valence-electron chi connectivity index (χ2n) is 8.17. The van der Waals surface area contributed by atoms with Gasteiger partial charge in [0.15, 0.2) is 0 Å². The summed E-state index contributed by atoms with van der Waals surface area (Å²) in [6.45, 7) is 5.99. The molecule has 25 heavy (non-hydrogen) atoms. The highest BCUT2D eigenvalue weighted by atomic mass is 19.1. The van der Waals surface area contributed by atoms with Crippen molar-refractivity contribution in [2.75, 3.05) is 20.1 Å². The van der Waals surface area contributed by atoms with E-state index in [9.17, 15) is 9.18 Å². The van der Waals surface area contributed by atoms with Crippen molar-refractivity contribution in [2.24, 2.45) is 11.8 Å². The number of ether oxygens (including phenoxy) is 1. The Morgan fingerprint density at radius 1 is 1.28 bits per heavy atom. The molecular formula is C21H30FNO2. The van der Waals surface area contributed by atoms with Gasteiger partial charge in [0.05, 0.1) is 5.41 Å². The monoisotopic (exact) mass is 347 g/mol. The van der Waals surface area contributed by atoms with Crippen LogP contribution in [0.2, 0.25) is 0 Å². The Balaban J connectivity index is 1.85. The Morgan fingerprint density at radius 3 is 2.64 bits per heavy atom. The van der Waals surface area contributed by atoms with Crippen LogP contribution in [0, 0.1) is 17.7 Å². The third kappa shape index (κ3) is 3.74. The summed E-state index contributed by atoms with van der Waals surface area (Å²) in [6, 6.07) is 6.52. The van der Waals surface area contributed by atoms with Crippen LogP contribution in [0.15, 0.2) is 24.3 Å². The molecule has 3 unspecified atom stereocenters. The minimum absolute atomic E-state index is 0.0435. The second kappa shape index (κ2) is 7.45. The molecule has 2 fully saturated rings. The van der Waals surface area contributed by atoms with Crippen molar-refractivity contribution in [2.45, 2.75) is 57.5 Å². The van der Waals surface area contributed by atoms with E-state index >= 15 is 0 Å². The smallest absolute Gasteiger partial charge is 0.316 e. The maximum atomic E-state index is 13.9. The molecule has 3 atom stereocenters. The molecule has 138 valence electrons. The average Bonchev–Trinajstić information content (AvgIpc) is 3.11. The van der Waals surface area contributed by atoms with Crippen LogP contribution in [0.1, 0.15) is 51.5 Å². The zero-order valence-electron chi connectivity index (χ0n) is 15.6. The first-order chi connectivity index (χ1) is 11.9. The number of nitrogens with zero attached hydrogens (tertiary/aromatic N) is 1. The molecule has 2 aliphatic rings. The fourth-order valence-corrected chi connectivity index (χ4v) is 4.60. The summed E-state index contributed by atoms with van der Waals surface area (Å²) >= 11 is 0. The molecule has 0 bridgehead atoms. The molecule has 1 aromatic rings. The van der Waals surface area contributed by atoms with Gasteiger partial charge >= 0.3 is 5.97 Å². The summed E-state index contributed by atoms with van der Waals surface area (Å²) in [5.41, 5.74) is -0.00762. The molecule has 0 radical (unpaired) electrons. The normalized spacial score (nSPS) is 27.8. The molecule has 1 saturated carbocycles. The molecule has 1 aliphatic carbocycles. The van der Waals surface area contributed by atoms with Gasteiger partial charge in [0.2, 0.25) is 0 Å². The van der Waals surface area contributed by atoms with Crippen LogP contribution in [0.4, 0.5) is 4.39 Å². The summed E-state index contributed by atoms with van der Waals surface area (Å²) in [7, 11) is 2.10. The van der Waals surface area contributed by atoms with Crippen LogP contribution in [-0.2, 0) is 14.9 Å². The van der Waals surface area contributed by atoms with Crippen molar-refractivity contribution in [3.8, 4) is 0 Å². The molecule has 1 heterocycles. The van der Waals surface area contributed by atoms with Gasteiger partial charge in [0.1, 0.15) is 11.9 Å². The summed E-state index contributed by atoms with van der Waals surface area (Å²) in [4.78, 5) is 15.6. The highest BCUT2D eigenvalue weighted by Gasteiger charge is 2.46. The average molecular weight is 347 g/mol. The maximum Gasteiger partial charge on any atom is 0.316 e. The van der Waals surface area contributed by atoms with Crippen molar-refractivity contribution in [3.63, 3.8) is 0 Å². The zero-order valence-corrected chi connectivity index (χ0v) is 15.6. The minimum Gasteiger partial charge on any atom is -0.461 e. The van der Waals surface area contributed by atoms with Gasteiger partial charge in [-0.2, -0.15) is 0 Å². The Morgan fingerprint density at radius 2 is 2.00 bits per heavy atom.